The van der Waals surface area contributed by atoms with Crippen molar-refractivity contribution in [1.82, 2.24) is 9.88 Å². The van der Waals surface area contributed by atoms with E-state index in [0.29, 0.717) is 26.1 Å². The maximum atomic E-state index is 12.9. The first-order chi connectivity index (χ1) is 13.2. The molecule has 0 fully saturated rings. The summed E-state index contributed by atoms with van der Waals surface area (Å²) in [5.74, 6) is 0.169. The van der Waals surface area contributed by atoms with Crippen LogP contribution in [0, 0.1) is 6.92 Å². The molecule has 0 spiro atoms. The van der Waals surface area contributed by atoms with Crippen molar-refractivity contribution in [1.29, 1.82) is 0 Å². The molecule has 4 nitrogen and oxygen atoms in total. The number of aryl methyl sites for hydroxylation is 2. The topological polar surface area (TPSA) is 37.1 Å². The van der Waals surface area contributed by atoms with E-state index in [1.807, 2.05) is 53.7 Å². The van der Waals surface area contributed by atoms with E-state index < -0.39 is 0 Å². The molecule has 0 saturated carbocycles. The summed E-state index contributed by atoms with van der Waals surface area (Å²) >= 11 is 0. The second-order valence-electron chi connectivity index (χ2n) is 6.74. The average Bonchev–Trinajstić information content (AvgIpc) is 2.72. The highest BCUT2D eigenvalue weighted by molar-refractivity contribution is 5.76. The van der Waals surface area contributed by atoms with Crippen LogP contribution in [-0.2, 0) is 24.3 Å². The number of halogens is 1. The van der Waals surface area contributed by atoms with Crippen LogP contribution in [0.5, 0.6) is 0 Å². The molecule has 2 aromatic heterocycles. The third kappa shape index (κ3) is 6.89. The zero-order valence-corrected chi connectivity index (χ0v) is 17.8. The van der Waals surface area contributed by atoms with Crippen molar-refractivity contribution in [2.24, 2.45) is 0 Å². The molecule has 146 valence electrons. The first-order valence-corrected chi connectivity index (χ1v) is 9.38. The van der Waals surface area contributed by atoms with Gasteiger partial charge in [0.25, 0.3) is 0 Å². The lowest BCUT2D eigenvalue weighted by Gasteiger charge is -2.22. The smallest absolute Gasteiger partial charge is 0.229 e. The van der Waals surface area contributed by atoms with E-state index in [2.05, 4.69) is 40.7 Å². The van der Waals surface area contributed by atoms with Crippen molar-refractivity contribution in [3.05, 3.63) is 96.1 Å². The lowest BCUT2D eigenvalue weighted by Crippen LogP contribution is -3.00. The molecule has 0 N–H and O–H groups in total. The average molecular weight is 440 g/mol. The SMILES string of the molecule is Cc1cc[n+](CCC(=O)N(CCc2ccccn2)Cc2ccccc2)cc1.[Br-]. The standard InChI is InChI=1S/C23H26N3O.BrH/c1-20-10-15-25(16-11-20)17-13-23(27)26(19-21-7-3-2-4-8-21)18-12-22-9-5-6-14-24-22;/h2-11,14-16H,12-13,17-19H2,1H3;1H/q+1;/p-1. The van der Waals surface area contributed by atoms with Crippen LogP contribution in [0.4, 0.5) is 0 Å². The Labute approximate surface area is 177 Å². The van der Waals surface area contributed by atoms with Gasteiger partial charge in [-0.2, -0.15) is 0 Å². The van der Waals surface area contributed by atoms with Crippen LogP contribution in [0.1, 0.15) is 23.2 Å². The van der Waals surface area contributed by atoms with E-state index in [9.17, 15) is 4.79 Å². The zero-order chi connectivity index (χ0) is 18.9. The number of aromatic nitrogens is 2. The number of carbonyl (C=O) groups is 1. The predicted molar refractivity (Wildman–Crippen MR) is 106 cm³/mol. The normalized spacial score (nSPS) is 10.2. The second-order valence-corrected chi connectivity index (χ2v) is 6.74. The number of pyridine rings is 2. The minimum atomic E-state index is 0. The molecule has 0 bridgehead atoms. The predicted octanol–water partition coefficient (Wildman–Crippen LogP) is 0.343. The fourth-order valence-corrected chi connectivity index (χ4v) is 2.96. The summed E-state index contributed by atoms with van der Waals surface area (Å²) in [6.07, 6.45) is 7.10. The van der Waals surface area contributed by atoms with Gasteiger partial charge in [-0.1, -0.05) is 36.4 Å². The summed E-state index contributed by atoms with van der Waals surface area (Å²) in [5, 5.41) is 0. The van der Waals surface area contributed by atoms with E-state index in [1.165, 1.54) is 5.56 Å². The molecule has 28 heavy (non-hydrogen) atoms. The molecule has 3 rings (SSSR count). The number of amides is 1. The molecular weight excluding hydrogens is 414 g/mol. The lowest BCUT2D eigenvalue weighted by atomic mass is 10.2. The highest BCUT2D eigenvalue weighted by Gasteiger charge is 2.16. The van der Waals surface area contributed by atoms with Gasteiger partial charge in [0.1, 0.15) is 0 Å². The van der Waals surface area contributed by atoms with E-state index in [0.717, 1.165) is 17.7 Å². The number of rotatable bonds is 8. The molecule has 0 atom stereocenters. The van der Waals surface area contributed by atoms with Gasteiger partial charge in [0.05, 0.1) is 6.42 Å². The Kier molecular flexibility index (Phi) is 8.82. The molecule has 1 amide bonds. The Hall–Kier alpha value is -2.53. The molecule has 1 aromatic carbocycles. The first-order valence-electron chi connectivity index (χ1n) is 9.38. The fraction of sp³-hybridized carbons (Fsp3) is 0.261. The highest BCUT2D eigenvalue weighted by atomic mass is 79.9. The Bertz CT molecular complexity index is 839. The molecule has 0 aliphatic rings. The Morgan fingerprint density at radius 2 is 1.71 bits per heavy atom. The Morgan fingerprint density at radius 1 is 1.00 bits per heavy atom. The van der Waals surface area contributed by atoms with Gasteiger partial charge in [0.2, 0.25) is 5.91 Å². The van der Waals surface area contributed by atoms with E-state index >= 15 is 0 Å². The van der Waals surface area contributed by atoms with Gasteiger partial charge in [-0.25, -0.2) is 4.57 Å². The number of hydrogen-bond donors (Lipinski definition) is 0. The third-order valence-corrected chi connectivity index (χ3v) is 4.57. The van der Waals surface area contributed by atoms with E-state index in [1.54, 1.807) is 6.20 Å². The van der Waals surface area contributed by atoms with Crippen molar-refractivity contribution < 1.29 is 26.3 Å². The molecule has 0 aliphatic heterocycles. The van der Waals surface area contributed by atoms with Gasteiger partial charge in [-0.3, -0.25) is 9.78 Å². The van der Waals surface area contributed by atoms with Crippen molar-refractivity contribution in [3.63, 3.8) is 0 Å². The molecule has 2 heterocycles. The molecular formula is C23H26BrN3O. The Balaban J connectivity index is 0.00000280. The maximum absolute atomic E-state index is 12.9. The molecule has 0 unspecified atom stereocenters. The summed E-state index contributed by atoms with van der Waals surface area (Å²) in [4.78, 5) is 19.2. The van der Waals surface area contributed by atoms with Gasteiger partial charge < -0.3 is 21.9 Å². The summed E-state index contributed by atoms with van der Waals surface area (Å²) in [6, 6.07) is 20.2. The van der Waals surface area contributed by atoms with Gasteiger partial charge in [0.15, 0.2) is 18.9 Å². The minimum Gasteiger partial charge on any atom is -1.00 e. The molecule has 0 radical (unpaired) electrons. The van der Waals surface area contributed by atoms with Crippen LogP contribution in [0.2, 0.25) is 0 Å². The zero-order valence-electron chi connectivity index (χ0n) is 16.2. The van der Waals surface area contributed by atoms with Crippen LogP contribution in [0.25, 0.3) is 0 Å². The number of benzene rings is 1. The minimum absolute atomic E-state index is 0. The molecule has 0 aliphatic carbocycles. The lowest BCUT2D eigenvalue weighted by molar-refractivity contribution is -0.696. The summed E-state index contributed by atoms with van der Waals surface area (Å²) < 4.78 is 2.06. The number of hydrogen-bond acceptors (Lipinski definition) is 2. The van der Waals surface area contributed by atoms with Crippen LogP contribution < -0.4 is 21.5 Å². The summed E-state index contributed by atoms with van der Waals surface area (Å²) in [6.45, 7) is 4.05. The number of nitrogens with zero attached hydrogens (tertiary/aromatic N) is 3. The van der Waals surface area contributed by atoms with Crippen molar-refractivity contribution in [2.45, 2.75) is 32.9 Å². The highest BCUT2D eigenvalue weighted by Crippen LogP contribution is 2.08. The Morgan fingerprint density at radius 3 is 2.39 bits per heavy atom. The number of carbonyl (C=O) groups excluding carboxylic acids is 1. The quantitative estimate of drug-likeness (QED) is 0.474. The van der Waals surface area contributed by atoms with Crippen molar-refractivity contribution in [2.75, 3.05) is 6.54 Å². The molecule has 0 saturated heterocycles. The van der Waals surface area contributed by atoms with Crippen LogP contribution >= 0.6 is 0 Å². The van der Waals surface area contributed by atoms with Crippen molar-refractivity contribution >= 4 is 5.91 Å². The van der Waals surface area contributed by atoms with Crippen molar-refractivity contribution in [3.8, 4) is 0 Å². The summed E-state index contributed by atoms with van der Waals surface area (Å²) in [5.41, 5.74) is 3.38. The van der Waals surface area contributed by atoms with Gasteiger partial charge in [-0.05, 0) is 30.2 Å². The van der Waals surface area contributed by atoms with E-state index in [-0.39, 0.29) is 22.9 Å². The third-order valence-electron chi connectivity index (χ3n) is 4.57. The van der Waals surface area contributed by atoms with Crippen LogP contribution in [0.15, 0.2) is 79.3 Å². The molecule has 5 heteroatoms. The van der Waals surface area contributed by atoms with E-state index in [4.69, 9.17) is 0 Å². The van der Waals surface area contributed by atoms with Gasteiger partial charge in [0, 0.05) is 43.5 Å². The largest absolute Gasteiger partial charge is 1.00 e. The second kappa shape index (κ2) is 11.3. The van der Waals surface area contributed by atoms with Gasteiger partial charge in [-0.15, -0.1) is 0 Å². The van der Waals surface area contributed by atoms with Gasteiger partial charge >= 0.3 is 0 Å². The molecule has 3 aromatic rings. The summed E-state index contributed by atoms with van der Waals surface area (Å²) in [7, 11) is 0. The maximum Gasteiger partial charge on any atom is 0.229 e. The first kappa shape index (κ1) is 21.8. The van der Waals surface area contributed by atoms with Crippen LogP contribution in [-0.4, -0.2) is 22.3 Å². The van der Waals surface area contributed by atoms with Crippen LogP contribution in [0.3, 0.4) is 0 Å². The fourth-order valence-electron chi connectivity index (χ4n) is 2.96. The monoisotopic (exact) mass is 439 g/mol.